The van der Waals surface area contributed by atoms with Crippen LogP contribution in [0.15, 0.2) is 48.5 Å². The van der Waals surface area contributed by atoms with Gasteiger partial charge in [0, 0.05) is 13.0 Å². The molecule has 0 atom stereocenters. The molecule has 1 saturated heterocycles. The van der Waals surface area contributed by atoms with E-state index in [0.29, 0.717) is 31.0 Å². The zero-order chi connectivity index (χ0) is 19.1. The van der Waals surface area contributed by atoms with E-state index in [1.54, 1.807) is 4.90 Å². The van der Waals surface area contributed by atoms with Crippen LogP contribution in [0.1, 0.15) is 26.2 Å². The number of hydrogen-bond acceptors (Lipinski definition) is 4. The summed E-state index contributed by atoms with van der Waals surface area (Å²) in [4.78, 5) is 26.2. The number of amides is 2. The summed E-state index contributed by atoms with van der Waals surface area (Å²) in [6.07, 6.45) is 2.33. The molecule has 6 heteroatoms. The van der Waals surface area contributed by atoms with Crippen molar-refractivity contribution in [3.05, 3.63) is 48.5 Å². The molecule has 2 aromatic carbocycles. The van der Waals surface area contributed by atoms with Gasteiger partial charge in [-0.2, -0.15) is 0 Å². The number of carbonyl (C=O) groups is 2. The third kappa shape index (κ3) is 4.78. The van der Waals surface area contributed by atoms with Crippen molar-refractivity contribution < 1.29 is 14.3 Å². The van der Waals surface area contributed by atoms with Gasteiger partial charge in [-0.25, -0.2) is 0 Å². The molecule has 2 aromatic rings. The molecule has 1 fully saturated rings. The van der Waals surface area contributed by atoms with Crippen molar-refractivity contribution in [2.45, 2.75) is 26.2 Å². The largest absolute Gasteiger partial charge is 0.491 e. The van der Waals surface area contributed by atoms with Crippen LogP contribution in [0.5, 0.6) is 5.75 Å². The van der Waals surface area contributed by atoms with Crippen LogP contribution in [0.3, 0.4) is 0 Å². The summed E-state index contributed by atoms with van der Waals surface area (Å²) in [6, 6.07) is 15.0. The fourth-order valence-electron chi connectivity index (χ4n) is 3.04. The number of hydrogen-bond donors (Lipinski definition) is 2. The first kappa shape index (κ1) is 18.8. The lowest BCUT2D eigenvalue weighted by Gasteiger charge is -2.20. The van der Waals surface area contributed by atoms with Gasteiger partial charge in [-0.1, -0.05) is 31.2 Å². The van der Waals surface area contributed by atoms with Crippen LogP contribution in [-0.4, -0.2) is 31.5 Å². The van der Waals surface area contributed by atoms with Crippen LogP contribution in [0.2, 0.25) is 0 Å². The highest BCUT2D eigenvalue weighted by Gasteiger charge is 2.23. The molecule has 1 aliphatic heterocycles. The molecule has 1 aliphatic rings. The summed E-state index contributed by atoms with van der Waals surface area (Å²) in [5.41, 5.74) is 2.25. The molecule has 3 rings (SSSR count). The van der Waals surface area contributed by atoms with E-state index in [0.717, 1.165) is 24.2 Å². The van der Waals surface area contributed by atoms with Crippen LogP contribution in [0.4, 0.5) is 17.1 Å². The van der Waals surface area contributed by atoms with Gasteiger partial charge in [0.25, 0.3) is 0 Å². The second-order valence-corrected chi connectivity index (χ2v) is 6.41. The average molecular weight is 367 g/mol. The zero-order valence-corrected chi connectivity index (χ0v) is 15.5. The van der Waals surface area contributed by atoms with Crippen molar-refractivity contribution in [3.63, 3.8) is 0 Å². The zero-order valence-electron chi connectivity index (χ0n) is 15.5. The fraction of sp³-hybridized carbons (Fsp3) is 0.333. The second-order valence-electron chi connectivity index (χ2n) is 6.41. The minimum atomic E-state index is -0.176. The topological polar surface area (TPSA) is 70.7 Å². The molecule has 0 aliphatic carbocycles. The number of rotatable bonds is 8. The predicted molar refractivity (Wildman–Crippen MR) is 107 cm³/mol. The lowest BCUT2D eigenvalue weighted by molar-refractivity contribution is -0.117. The van der Waals surface area contributed by atoms with Gasteiger partial charge >= 0.3 is 0 Å². The molecule has 2 amide bonds. The first-order valence-corrected chi connectivity index (χ1v) is 9.34. The van der Waals surface area contributed by atoms with Crippen molar-refractivity contribution in [2.75, 3.05) is 35.2 Å². The summed E-state index contributed by atoms with van der Waals surface area (Å²) >= 11 is 0. The lowest BCUT2D eigenvalue weighted by Crippen LogP contribution is -2.26. The standard InChI is InChI=1S/C21H25N3O3/c1-2-14-27-19-11-6-4-9-17(19)23-20(25)15-22-16-8-3-5-10-18(16)24-13-7-12-21(24)26/h3-6,8-11,22H,2,7,12-15H2,1H3,(H,23,25). The Bertz CT molecular complexity index is 807. The van der Waals surface area contributed by atoms with Crippen LogP contribution in [0.25, 0.3) is 0 Å². The normalized spacial score (nSPS) is 13.5. The number of nitrogens with zero attached hydrogens (tertiary/aromatic N) is 1. The van der Waals surface area contributed by atoms with Crippen LogP contribution < -0.4 is 20.3 Å². The van der Waals surface area contributed by atoms with Crippen LogP contribution in [0, 0.1) is 0 Å². The quantitative estimate of drug-likeness (QED) is 0.747. The summed E-state index contributed by atoms with van der Waals surface area (Å²) in [7, 11) is 0. The number of anilines is 3. The molecule has 6 nitrogen and oxygen atoms in total. The third-order valence-electron chi connectivity index (χ3n) is 4.33. The van der Waals surface area contributed by atoms with Gasteiger partial charge < -0.3 is 20.3 Å². The molecule has 0 aromatic heterocycles. The number of benzene rings is 2. The molecule has 0 bridgehead atoms. The Kier molecular flexibility index (Phi) is 6.30. The average Bonchev–Trinajstić information content (AvgIpc) is 3.11. The van der Waals surface area contributed by atoms with E-state index in [9.17, 15) is 9.59 Å². The highest BCUT2D eigenvalue weighted by Crippen LogP contribution is 2.29. The van der Waals surface area contributed by atoms with Gasteiger partial charge in [0.1, 0.15) is 5.75 Å². The number of carbonyl (C=O) groups excluding carboxylic acids is 2. The van der Waals surface area contributed by atoms with Crippen molar-refractivity contribution >= 4 is 28.9 Å². The molecule has 0 saturated carbocycles. The Balaban J connectivity index is 1.63. The molecule has 0 radical (unpaired) electrons. The smallest absolute Gasteiger partial charge is 0.243 e. The van der Waals surface area contributed by atoms with Gasteiger partial charge in [-0.05, 0) is 37.1 Å². The van der Waals surface area contributed by atoms with Crippen molar-refractivity contribution in [3.8, 4) is 5.75 Å². The fourth-order valence-corrected chi connectivity index (χ4v) is 3.04. The maximum Gasteiger partial charge on any atom is 0.243 e. The minimum absolute atomic E-state index is 0.0984. The van der Waals surface area contributed by atoms with E-state index in [1.807, 2.05) is 55.5 Å². The highest BCUT2D eigenvalue weighted by molar-refractivity contribution is 5.99. The van der Waals surface area contributed by atoms with Gasteiger partial charge in [0.05, 0.1) is 30.2 Å². The first-order chi connectivity index (χ1) is 13.2. The van der Waals surface area contributed by atoms with E-state index in [1.165, 1.54) is 0 Å². The van der Waals surface area contributed by atoms with E-state index >= 15 is 0 Å². The SMILES string of the molecule is CCCOc1ccccc1NC(=O)CNc1ccccc1N1CCCC1=O. The lowest BCUT2D eigenvalue weighted by atomic mass is 10.2. The third-order valence-corrected chi connectivity index (χ3v) is 4.33. The molecule has 0 unspecified atom stereocenters. The molecule has 1 heterocycles. The minimum Gasteiger partial charge on any atom is -0.491 e. The van der Waals surface area contributed by atoms with Crippen molar-refractivity contribution in [1.82, 2.24) is 0 Å². The van der Waals surface area contributed by atoms with Crippen LogP contribution in [-0.2, 0) is 9.59 Å². The van der Waals surface area contributed by atoms with E-state index in [2.05, 4.69) is 10.6 Å². The molecule has 0 spiro atoms. The van der Waals surface area contributed by atoms with Gasteiger partial charge in [0.2, 0.25) is 11.8 Å². The summed E-state index contributed by atoms with van der Waals surface area (Å²) < 4.78 is 5.67. The summed E-state index contributed by atoms with van der Waals surface area (Å²) in [6.45, 7) is 3.45. The van der Waals surface area contributed by atoms with E-state index < -0.39 is 0 Å². The summed E-state index contributed by atoms with van der Waals surface area (Å²) in [5, 5.41) is 6.03. The highest BCUT2D eigenvalue weighted by atomic mass is 16.5. The monoisotopic (exact) mass is 367 g/mol. The molecule has 27 heavy (non-hydrogen) atoms. The molecule has 2 N–H and O–H groups in total. The number of para-hydroxylation sites is 4. The van der Waals surface area contributed by atoms with Gasteiger partial charge in [-0.3, -0.25) is 9.59 Å². The number of ether oxygens (including phenoxy) is 1. The Labute approximate surface area is 159 Å². The van der Waals surface area contributed by atoms with Crippen molar-refractivity contribution in [1.29, 1.82) is 0 Å². The van der Waals surface area contributed by atoms with Crippen LogP contribution >= 0.6 is 0 Å². The number of nitrogens with one attached hydrogen (secondary N) is 2. The summed E-state index contributed by atoms with van der Waals surface area (Å²) in [5.74, 6) is 0.608. The maximum absolute atomic E-state index is 12.4. The van der Waals surface area contributed by atoms with Crippen molar-refractivity contribution in [2.24, 2.45) is 0 Å². The Morgan fingerprint density at radius 3 is 2.59 bits per heavy atom. The maximum atomic E-state index is 12.4. The molecule has 142 valence electrons. The molecular formula is C21H25N3O3. The Morgan fingerprint density at radius 2 is 1.85 bits per heavy atom. The first-order valence-electron chi connectivity index (χ1n) is 9.34. The van der Waals surface area contributed by atoms with Gasteiger partial charge in [-0.15, -0.1) is 0 Å². The Hall–Kier alpha value is -3.02. The Morgan fingerprint density at radius 1 is 1.11 bits per heavy atom. The second kappa shape index (κ2) is 9.07. The van der Waals surface area contributed by atoms with E-state index in [4.69, 9.17) is 4.74 Å². The predicted octanol–water partition coefficient (Wildman–Crippen LogP) is 3.65. The van der Waals surface area contributed by atoms with E-state index in [-0.39, 0.29) is 18.4 Å². The molecular weight excluding hydrogens is 342 g/mol. The van der Waals surface area contributed by atoms with Gasteiger partial charge in [0.15, 0.2) is 0 Å².